The zero-order valence-electron chi connectivity index (χ0n) is 9.74. The molecule has 0 amide bonds. The molecule has 1 aromatic heterocycles. The smallest absolute Gasteiger partial charge is 0.0701 e. The lowest BCUT2D eigenvalue weighted by Gasteiger charge is -2.18. The van der Waals surface area contributed by atoms with Crippen LogP contribution in [0.3, 0.4) is 0 Å². The summed E-state index contributed by atoms with van der Waals surface area (Å²) >= 11 is 5.25. The van der Waals surface area contributed by atoms with Crippen molar-refractivity contribution in [1.29, 1.82) is 5.26 Å². The van der Waals surface area contributed by atoms with E-state index < -0.39 is 0 Å². The fourth-order valence-electron chi connectivity index (χ4n) is 1.52. The standard InChI is InChI=1S/C12H17BrN2S/c1-3-10(8-14)9-15(2)7-6-11-4-5-12(13)16-11/h4-5,10H,3,6-7,9H2,1-2H3. The number of nitriles is 1. The highest BCUT2D eigenvalue weighted by atomic mass is 79.9. The van der Waals surface area contributed by atoms with Crippen LogP contribution in [0.25, 0.3) is 0 Å². The van der Waals surface area contributed by atoms with Gasteiger partial charge >= 0.3 is 0 Å². The Labute approximate surface area is 110 Å². The van der Waals surface area contributed by atoms with Gasteiger partial charge in [0.1, 0.15) is 0 Å². The van der Waals surface area contributed by atoms with Gasteiger partial charge in [0.15, 0.2) is 0 Å². The van der Waals surface area contributed by atoms with E-state index in [1.807, 2.05) is 0 Å². The molecule has 0 N–H and O–H groups in total. The molecule has 0 saturated carbocycles. The van der Waals surface area contributed by atoms with Gasteiger partial charge in [-0.3, -0.25) is 0 Å². The van der Waals surface area contributed by atoms with Crippen molar-refractivity contribution in [2.45, 2.75) is 19.8 Å². The number of rotatable bonds is 6. The molecule has 1 atom stereocenters. The van der Waals surface area contributed by atoms with Gasteiger partial charge in [-0.25, -0.2) is 0 Å². The van der Waals surface area contributed by atoms with E-state index in [2.05, 4.69) is 53.0 Å². The number of halogens is 1. The molecule has 1 unspecified atom stereocenters. The molecule has 0 aliphatic carbocycles. The predicted molar refractivity (Wildman–Crippen MR) is 72.6 cm³/mol. The fourth-order valence-corrected chi connectivity index (χ4v) is 2.99. The second-order valence-electron chi connectivity index (χ2n) is 3.95. The predicted octanol–water partition coefficient (Wildman–Crippen LogP) is 3.53. The van der Waals surface area contributed by atoms with Crippen molar-refractivity contribution >= 4 is 27.3 Å². The lowest BCUT2D eigenvalue weighted by molar-refractivity contribution is 0.304. The summed E-state index contributed by atoms with van der Waals surface area (Å²) < 4.78 is 1.19. The number of thiophene rings is 1. The summed E-state index contributed by atoms with van der Waals surface area (Å²) in [6, 6.07) is 6.58. The molecule has 1 heterocycles. The van der Waals surface area contributed by atoms with Gasteiger partial charge in [-0.1, -0.05) is 6.92 Å². The van der Waals surface area contributed by atoms with Crippen LogP contribution in [-0.4, -0.2) is 25.0 Å². The molecular weight excluding hydrogens is 284 g/mol. The van der Waals surface area contributed by atoms with Crippen molar-refractivity contribution in [1.82, 2.24) is 4.90 Å². The average Bonchev–Trinajstić information content (AvgIpc) is 2.69. The van der Waals surface area contributed by atoms with Gasteiger partial charge in [0.2, 0.25) is 0 Å². The summed E-state index contributed by atoms with van der Waals surface area (Å²) in [4.78, 5) is 3.63. The topological polar surface area (TPSA) is 27.0 Å². The Kier molecular flexibility index (Phi) is 6.04. The third-order valence-electron chi connectivity index (χ3n) is 2.58. The molecule has 0 radical (unpaired) electrons. The van der Waals surface area contributed by atoms with Crippen molar-refractivity contribution in [2.24, 2.45) is 5.92 Å². The minimum atomic E-state index is 0.167. The van der Waals surface area contributed by atoms with Crippen LogP contribution in [0, 0.1) is 17.2 Å². The summed E-state index contributed by atoms with van der Waals surface area (Å²) in [5, 5.41) is 8.88. The van der Waals surface area contributed by atoms with E-state index in [1.54, 1.807) is 11.3 Å². The minimum Gasteiger partial charge on any atom is -0.305 e. The Morgan fingerprint density at radius 2 is 2.31 bits per heavy atom. The van der Waals surface area contributed by atoms with Crippen LogP contribution in [-0.2, 0) is 6.42 Å². The van der Waals surface area contributed by atoms with Gasteiger partial charge in [-0.2, -0.15) is 5.26 Å². The first kappa shape index (κ1) is 13.7. The molecule has 0 aliphatic rings. The van der Waals surface area contributed by atoms with Gasteiger partial charge in [0.05, 0.1) is 15.8 Å². The van der Waals surface area contributed by atoms with E-state index in [1.165, 1.54) is 8.66 Å². The maximum atomic E-state index is 8.88. The normalized spacial score (nSPS) is 12.7. The first-order valence-corrected chi connectivity index (χ1v) is 7.09. The zero-order chi connectivity index (χ0) is 12.0. The molecule has 0 saturated heterocycles. The van der Waals surface area contributed by atoms with Crippen molar-refractivity contribution in [3.05, 3.63) is 20.8 Å². The van der Waals surface area contributed by atoms with E-state index in [0.29, 0.717) is 0 Å². The monoisotopic (exact) mass is 300 g/mol. The first-order chi connectivity index (χ1) is 7.65. The highest BCUT2D eigenvalue weighted by Crippen LogP contribution is 2.22. The van der Waals surface area contributed by atoms with Gasteiger partial charge in [0.25, 0.3) is 0 Å². The number of likely N-dealkylation sites (N-methyl/N-ethyl adjacent to an activating group) is 1. The maximum absolute atomic E-state index is 8.88. The van der Waals surface area contributed by atoms with E-state index in [4.69, 9.17) is 5.26 Å². The van der Waals surface area contributed by atoms with Crippen LogP contribution >= 0.6 is 27.3 Å². The summed E-state index contributed by atoms with van der Waals surface area (Å²) in [6.45, 7) is 3.96. The van der Waals surface area contributed by atoms with Gasteiger partial charge < -0.3 is 4.90 Å². The quantitative estimate of drug-likeness (QED) is 0.803. The van der Waals surface area contributed by atoms with Crippen molar-refractivity contribution in [3.8, 4) is 6.07 Å². The van der Waals surface area contributed by atoms with E-state index in [-0.39, 0.29) is 5.92 Å². The molecular formula is C12H17BrN2S. The van der Waals surface area contributed by atoms with E-state index in [9.17, 15) is 0 Å². The summed E-state index contributed by atoms with van der Waals surface area (Å²) in [7, 11) is 2.09. The van der Waals surface area contributed by atoms with Gasteiger partial charge in [-0.15, -0.1) is 11.3 Å². The minimum absolute atomic E-state index is 0.167. The van der Waals surface area contributed by atoms with Crippen LogP contribution in [0.5, 0.6) is 0 Å². The molecule has 4 heteroatoms. The van der Waals surface area contributed by atoms with Crippen LogP contribution in [0.4, 0.5) is 0 Å². The number of hydrogen-bond donors (Lipinski definition) is 0. The molecule has 1 rings (SSSR count). The zero-order valence-corrected chi connectivity index (χ0v) is 12.1. The lowest BCUT2D eigenvalue weighted by Crippen LogP contribution is -2.26. The summed E-state index contributed by atoms with van der Waals surface area (Å²) in [6.07, 6.45) is 2.00. The molecule has 0 spiro atoms. The summed E-state index contributed by atoms with van der Waals surface area (Å²) in [5.41, 5.74) is 0. The highest BCUT2D eigenvalue weighted by Gasteiger charge is 2.08. The van der Waals surface area contributed by atoms with E-state index >= 15 is 0 Å². The van der Waals surface area contributed by atoms with E-state index in [0.717, 1.165) is 25.9 Å². The van der Waals surface area contributed by atoms with Crippen molar-refractivity contribution in [3.63, 3.8) is 0 Å². The largest absolute Gasteiger partial charge is 0.305 e. The van der Waals surface area contributed by atoms with Crippen LogP contribution < -0.4 is 0 Å². The molecule has 0 fully saturated rings. The van der Waals surface area contributed by atoms with Crippen molar-refractivity contribution < 1.29 is 0 Å². The maximum Gasteiger partial charge on any atom is 0.0701 e. The van der Waals surface area contributed by atoms with Crippen LogP contribution in [0.15, 0.2) is 15.9 Å². The Hall–Kier alpha value is -0.370. The van der Waals surface area contributed by atoms with Gasteiger partial charge in [0, 0.05) is 18.0 Å². The third kappa shape index (κ3) is 4.65. The molecule has 0 aliphatic heterocycles. The average molecular weight is 301 g/mol. The molecule has 2 nitrogen and oxygen atoms in total. The second-order valence-corrected chi connectivity index (χ2v) is 6.50. The second kappa shape index (κ2) is 7.05. The third-order valence-corrected chi connectivity index (χ3v) is 4.26. The molecule has 0 aromatic carbocycles. The van der Waals surface area contributed by atoms with Crippen LogP contribution in [0.2, 0.25) is 0 Å². The molecule has 0 bridgehead atoms. The molecule has 1 aromatic rings. The first-order valence-electron chi connectivity index (χ1n) is 5.48. The molecule has 88 valence electrons. The van der Waals surface area contributed by atoms with Crippen LogP contribution in [0.1, 0.15) is 18.2 Å². The fraction of sp³-hybridized carbons (Fsp3) is 0.583. The van der Waals surface area contributed by atoms with Crippen molar-refractivity contribution in [2.75, 3.05) is 20.1 Å². The Morgan fingerprint density at radius 3 is 2.81 bits per heavy atom. The number of hydrogen-bond acceptors (Lipinski definition) is 3. The summed E-state index contributed by atoms with van der Waals surface area (Å²) in [5.74, 6) is 0.167. The molecule has 16 heavy (non-hydrogen) atoms. The SMILES string of the molecule is CCC(C#N)CN(C)CCc1ccc(Br)s1. The lowest BCUT2D eigenvalue weighted by atomic mass is 10.1. The highest BCUT2D eigenvalue weighted by molar-refractivity contribution is 9.11. The number of nitrogens with zero attached hydrogens (tertiary/aromatic N) is 2. The van der Waals surface area contributed by atoms with Gasteiger partial charge in [-0.05, 0) is 48.0 Å². The Morgan fingerprint density at radius 1 is 1.56 bits per heavy atom. The Balaban J connectivity index is 2.30. The Bertz CT molecular complexity index is 356.